The van der Waals surface area contributed by atoms with Gasteiger partial charge in [-0.2, -0.15) is 0 Å². The van der Waals surface area contributed by atoms with Crippen molar-refractivity contribution in [2.45, 2.75) is 40.4 Å². The SMILES string of the molecule is CN=C(NCc1cccc(Cn2ccnc2C)c1)NCc1sc(C)nc1C. The highest BCUT2D eigenvalue weighted by atomic mass is 32.1. The van der Waals surface area contributed by atoms with Gasteiger partial charge in [-0.25, -0.2) is 9.97 Å². The number of aliphatic imine (C=N–C) groups is 1. The molecule has 0 unspecified atom stereocenters. The fourth-order valence-electron chi connectivity index (χ4n) is 2.91. The van der Waals surface area contributed by atoms with E-state index in [2.05, 4.69) is 54.4 Å². The lowest BCUT2D eigenvalue weighted by atomic mass is 10.1. The number of rotatable bonds is 6. The van der Waals surface area contributed by atoms with Crippen LogP contribution in [0.4, 0.5) is 0 Å². The number of benzene rings is 1. The van der Waals surface area contributed by atoms with E-state index < -0.39 is 0 Å². The number of imidazole rings is 1. The molecule has 0 aliphatic heterocycles. The van der Waals surface area contributed by atoms with Crippen molar-refractivity contribution in [3.63, 3.8) is 0 Å². The smallest absolute Gasteiger partial charge is 0.191 e. The number of hydrogen-bond acceptors (Lipinski definition) is 4. The fourth-order valence-corrected chi connectivity index (χ4v) is 3.79. The molecule has 6 nitrogen and oxygen atoms in total. The van der Waals surface area contributed by atoms with Crippen molar-refractivity contribution in [2.24, 2.45) is 4.99 Å². The first-order valence-electron chi connectivity index (χ1n) is 8.98. The Balaban J connectivity index is 1.56. The molecule has 1 aromatic carbocycles. The van der Waals surface area contributed by atoms with Gasteiger partial charge in [0.1, 0.15) is 5.82 Å². The number of nitrogens with zero attached hydrogens (tertiary/aromatic N) is 4. The number of nitrogens with one attached hydrogen (secondary N) is 2. The van der Waals surface area contributed by atoms with Crippen LogP contribution in [-0.4, -0.2) is 27.5 Å². The van der Waals surface area contributed by atoms with Crippen molar-refractivity contribution in [3.8, 4) is 0 Å². The standard InChI is InChI=1S/C20H26N6S/c1-14-19(27-16(3)25-14)12-24-20(21-4)23-11-17-6-5-7-18(10-17)13-26-9-8-22-15(26)2/h5-10H,11-13H2,1-4H3,(H2,21,23,24). The zero-order chi connectivity index (χ0) is 19.2. The highest BCUT2D eigenvalue weighted by Crippen LogP contribution is 2.16. The van der Waals surface area contributed by atoms with Crippen LogP contribution in [0, 0.1) is 20.8 Å². The zero-order valence-electron chi connectivity index (χ0n) is 16.3. The predicted octanol–water partition coefficient (Wildman–Crippen LogP) is 3.18. The highest BCUT2D eigenvalue weighted by Gasteiger charge is 2.06. The third-order valence-electron chi connectivity index (χ3n) is 4.37. The summed E-state index contributed by atoms with van der Waals surface area (Å²) in [5.41, 5.74) is 3.56. The maximum Gasteiger partial charge on any atom is 0.191 e. The second-order valence-corrected chi connectivity index (χ2v) is 7.73. The van der Waals surface area contributed by atoms with Gasteiger partial charge in [0.25, 0.3) is 0 Å². The van der Waals surface area contributed by atoms with Gasteiger partial charge >= 0.3 is 0 Å². The summed E-state index contributed by atoms with van der Waals surface area (Å²) in [5.74, 6) is 1.81. The molecule has 27 heavy (non-hydrogen) atoms. The summed E-state index contributed by atoms with van der Waals surface area (Å²) in [5, 5.41) is 7.84. The molecule has 2 heterocycles. The van der Waals surface area contributed by atoms with E-state index in [1.54, 1.807) is 18.4 Å². The number of aromatic nitrogens is 3. The number of aryl methyl sites for hydroxylation is 3. The molecule has 7 heteroatoms. The van der Waals surface area contributed by atoms with Crippen LogP contribution in [0.2, 0.25) is 0 Å². The highest BCUT2D eigenvalue weighted by molar-refractivity contribution is 7.11. The van der Waals surface area contributed by atoms with E-state index >= 15 is 0 Å². The van der Waals surface area contributed by atoms with Crippen LogP contribution in [0.5, 0.6) is 0 Å². The van der Waals surface area contributed by atoms with E-state index in [-0.39, 0.29) is 0 Å². The van der Waals surface area contributed by atoms with E-state index in [9.17, 15) is 0 Å². The average molecular weight is 383 g/mol. The van der Waals surface area contributed by atoms with E-state index in [1.165, 1.54) is 16.0 Å². The molecule has 0 bridgehead atoms. The van der Waals surface area contributed by atoms with E-state index in [1.807, 2.05) is 33.2 Å². The Kier molecular flexibility index (Phi) is 6.24. The largest absolute Gasteiger partial charge is 0.352 e. The minimum Gasteiger partial charge on any atom is -0.352 e. The maximum atomic E-state index is 4.47. The summed E-state index contributed by atoms with van der Waals surface area (Å²) >= 11 is 1.72. The minimum absolute atomic E-state index is 0.719. The van der Waals surface area contributed by atoms with Gasteiger partial charge in [-0.05, 0) is 31.9 Å². The summed E-state index contributed by atoms with van der Waals surface area (Å²) in [7, 11) is 1.79. The third-order valence-corrected chi connectivity index (χ3v) is 5.44. The van der Waals surface area contributed by atoms with Crippen LogP contribution < -0.4 is 10.6 Å². The quantitative estimate of drug-likeness (QED) is 0.508. The monoisotopic (exact) mass is 382 g/mol. The summed E-state index contributed by atoms with van der Waals surface area (Å²) < 4.78 is 2.15. The Bertz CT molecular complexity index is 924. The van der Waals surface area contributed by atoms with Gasteiger partial charge in [-0.1, -0.05) is 24.3 Å². The van der Waals surface area contributed by atoms with Crippen LogP contribution >= 0.6 is 11.3 Å². The predicted molar refractivity (Wildman–Crippen MR) is 111 cm³/mol. The van der Waals surface area contributed by atoms with Gasteiger partial charge in [0, 0.05) is 37.4 Å². The normalized spacial score (nSPS) is 11.6. The first-order valence-corrected chi connectivity index (χ1v) is 9.80. The second kappa shape index (κ2) is 8.81. The van der Waals surface area contributed by atoms with Gasteiger partial charge in [0.2, 0.25) is 0 Å². The Morgan fingerprint density at radius 3 is 2.59 bits per heavy atom. The molecule has 0 amide bonds. The average Bonchev–Trinajstić information content (AvgIpc) is 3.20. The molecule has 0 aliphatic rings. The fraction of sp³-hybridized carbons (Fsp3) is 0.350. The Labute approximate surface area is 164 Å². The molecule has 0 spiro atoms. The van der Waals surface area contributed by atoms with Crippen LogP contribution in [0.25, 0.3) is 0 Å². The summed E-state index contributed by atoms with van der Waals surface area (Å²) in [6.45, 7) is 8.38. The number of hydrogen-bond donors (Lipinski definition) is 2. The molecule has 0 aliphatic carbocycles. The van der Waals surface area contributed by atoms with Crippen molar-refractivity contribution in [2.75, 3.05) is 7.05 Å². The summed E-state index contributed by atoms with van der Waals surface area (Å²) in [4.78, 5) is 14.3. The van der Waals surface area contributed by atoms with Gasteiger partial charge in [-0.3, -0.25) is 4.99 Å². The third kappa shape index (κ3) is 5.17. The first kappa shape index (κ1) is 19.1. The van der Waals surface area contributed by atoms with Gasteiger partial charge < -0.3 is 15.2 Å². The molecule has 142 valence electrons. The maximum absolute atomic E-state index is 4.47. The minimum atomic E-state index is 0.719. The van der Waals surface area contributed by atoms with Crippen molar-refractivity contribution in [1.29, 1.82) is 0 Å². The molecule has 0 radical (unpaired) electrons. The van der Waals surface area contributed by atoms with Crippen molar-refractivity contribution < 1.29 is 0 Å². The van der Waals surface area contributed by atoms with Crippen molar-refractivity contribution in [1.82, 2.24) is 25.2 Å². The van der Waals surface area contributed by atoms with Crippen LogP contribution in [0.15, 0.2) is 41.7 Å². The van der Waals surface area contributed by atoms with E-state index in [0.29, 0.717) is 0 Å². The van der Waals surface area contributed by atoms with Crippen LogP contribution in [-0.2, 0) is 19.6 Å². The lowest BCUT2D eigenvalue weighted by Crippen LogP contribution is -2.36. The summed E-state index contributed by atoms with van der Waals surface area (Å²) in [6.07, 6.45) is 3.85. The zero-order valence-corrected chi connectivity index (χ0v) is 17.1. The van der Waals surface area contributed by atoms with Crippen molar-refractivity contribution in [3.05, 3.63) is 69.2 Å². The van der Waals surface area contributed by atoms with Gasteiger partial charge in [-0.15, -0.1) is 11.3 Å². The molecule has 3 aromatic rings. The Morgan fingerprint density at radius 2 is 1.93 bits per heavy atom. The van der Waals surface area contributed by atoms with Gasteiger partial charge in [0.05, 0.1) is 17.2 Å². The molecular weight excluding hydrogens is 356 g/mol. The molecular formula is C20H26N6S. The Hall–Kier alpha value is -2.67. The molecule has 3 rings (SSSR count). The molecule has 2 aromatic heterocycles. The molecule has 0 fully saturated rings. The number of thiazole rings is 1. The van der Waals surface area contributed by atoms with E-state index in [4.69, 9.17) is 0 Å². The first-order chi connectivity index (χ1) is 13.0. The van der Waals surface area contributed by atoms with Crippen LogP contribution in [0.3, 0.4) is 0 Å². The second-order valence-electron chi connectivity index (χ2n) is 6.44. The lowest BCUT2D eigenvalue weighted by Gasteiger charge is -2.12. The van der Waals surface area contributed by atoms with Crippen LogP contribution in [0.1, 0.15) is 32.5 Å². The molecule has 0 atom stereocenters. The molecule has 2 N–H and O–H groups in total. The number of guanidine groups is 1. The molecule has 0 saturated carbocycles. The molecule has 0 saturated heterocycles. The topological polar surface area (TPSA) is 67.1 Å². The lowest BCUT2D eigenvalue weighted by molar-refractivity contribution is 0.758. The summed E-state index contributed by atoms with van der Waals surface area (Å²) in [6, 6.07) is 8.58. The van der Waals surface area contributed by atoms with Crippen molar-refractivity contribution >= 4 is 17.3 Å². The van der Waals surface area contributed by atoms with Gasteiger partial charge in [0.15, 0.2) is 5.96 Å². The Morgan fingerprint density at radius 1 is 1.15 bits per heavy atom. The van der Waals surface area contributed by atoms with E-state index in [0.717, 1.165) is 42.1 Å².